The average molecular weight is 172 g/mol. The molecule has 0 amide bonds. The summed E-state index contributed by atoms with van der Waals surface area (Å²) in [5.41, 5.74) is 0. The number of aliphatic hydroxyl groups excluding tert-OH is 1. The van der Waals surface area contributed by atoms with Crippen LogP contribution in [0.1, 0.15) is 34.1 Å². The maximum Gasteiger partial charge on any atom is 0.0640 e. The molecule has 1 heterocycles. The first kappa shape index (κ1) is 10.0. The lowest BCUT2D eigenvalue weighted by Crippen LogP contribution is -2.47. The molecule has 0 saturated carbocycles. The lowest BCUT2D eigenvalue weighted by Gasteiger charge is -2.41. The van der Waals surface area contributed by atoms with Gasteiger partial charge in [0.25, 0.3) is 0 Å². The predicted octanol–water partition coefficient (Wildman–Crippen LogP) is 1.82. The fraction of sp³-hybridized carbons (Fsp3) is 1.00. The summed E-state index contributed by atoms with van der Waals surface area (Å²) in [4.78, 5) is 0. The molecule has 0 bridgehead atoms. The Labute approximate surface area is 74.9 Å². The van der Waals surface area contributed by atoms with E-state index in [1.54, 1.807) is 0 Å². The van der Waals surface area contributed by atoms with Crippen molar-refractivity contribution in [3.63, 3.8) is 0 Å². The molecule has 1 rings (SSSR count). The highest BCUT2D eigenvalue weighted by atomic mass is 16.5. The van der Waals surface area contributed by atoms with Gasteiger partial charge >= 0.3 is 0 Å². The standard InChI is InChI=1S/C10H20O2/c1-5-9-7(3)10(11)6(2)8(4)12-9/h6-11H,5H2,1-4H3. The highest BCUT2D eigenvalue weighted by Gasteiger charge is 2.37. The van der Waals surface area contributed by atoms with Crippen LogP contribution in [0.5, 0.6) is 0 Å². The van der Waals surface area contributed by atoms with Crippen molar-refractivity contribution in [3.8, 4) is 0 Å². The molecular formula is C10H20O2. The first-order valence-corrected chi connectivity index (χ1v) is 4.91. The van der Waals surface area contributed by atoms with Crippen molar-refractivity contribution in [1.29, 1.82) is 0 Å². The third-order valence-electron chi connectivity index (χ3n) is 3.20. The molecule has 1 aliphatic heterocycles. The third kappa shape index (κ3) is 1.64. The Morgan fingerprint density at radius 1 is 1.17 bits per heavy atom. The smallest absolute Gasteiger partial charge is 0.0640 e. The van der Waals surface area contributed by atoms with E-state index in [-0.39, 0.29) is 30.1 Å². The largest absolute Gasteiger partial charge is 0.392 e. The summed E-state index contributed by atoms with van der Waals surface area (Å²) in [7, 11) is 0. The summed E-state index contributed by atoms with van der Waals surface area (Å²) in [5, 5.41) is 9.84. The second kappa shape index (κ2) is 3.75. The zero-order valence-electron chi connectivity index (χ0n) is 8.45. The van der Waals surface area contributed by atoms with Crippen molar-refractivity contribution < 1.29 is 9.84 Å². The summed E-state index contributed by atoms with van der Waals surface area (Å²) in [5.74, 6) is 0.545. The van der Waals surface area contributed by atoms with E-state index in [9.17, 15) is 5.11 Å². The van der Waals surface area contributed by atoms with Crippen LogP contribution < -0.4 is 0 Å². The van der Waals surface area contributed by atoms with Crippen molar-refractivity contribution in [2.24, 2.45) is 11.8 Å². The van der Waals surface area contributed by atoms with Gasteiger partial charge in [-0.1, -0.05) is 20.8 Å². The molecule has 0 aromatic heterocycles. The Morgan fingerprint density at radius 2 is 1.75 bits per heavy atom. The average Bonchev–Trinajstić information content (AvgIpc) is 2.08. The SMILES string of the molecule is CCC1OC(C)C(C)C(O)C1C. The van der Waals surface area contributed by atoms with Crippen LogP contribution in [0.3, 0.4) is 0 Å². The van der Waals surface area contributed by atoms with E-state index in [1.807, 2.05) is 6.92 Å². The molecular weight excluding hydrogens is 152 g/mol. The first-order chi connectivity index (χ1) is 5.57. The third-order valence-corrected chi connectivity index (χ3v) is 3.20. The second-order valence-corrected chi connectivity index (χ2v) is 4.00. The van der Waals surface area contributed by atoms with Gasteiger partial charge in [-0.05, 0) is 13.3 Å². The van der Waals surface area contributed by atoms with Crippen molar-refractivity contribution >= 4 is 0 Å². The van der Waals surface area contributed by atoms with Crippen LogP contribution in [0.15, 0.2) is 0 Å². The minimum atomic E-state index is -0.196. The van der Waals surface area contributed by atoms with Gasteiger partial charge in [-0.2, -0.15) is 0 Å². The van der Waals surface area contributed by atoms with Crippen molar-refractivity contribution in [2.45, 2.75) is 52.4 Å². The van der Waals surface area contributed by atoms with Gasteiger partial charge in [0.05, 0.1) is 18.3 Å². The summed E-state index contributed by atoms with van der Waals surface area (Å²) >= 11 is 0. The molecule has 1 fully saturated rings. The maximum absolute atomic E-state index is 9.84. The molecule has 0 aliphatic carbocycles. The monoisotopic (exact) mass is 172 g/mol. The van der Waals surface area contributed by atoms with Crippen LogP contribution in [0, 0.1) is 11.8 Å². The zero-order chi connectivity index (χ0) is 9.30. The van der Waals surface area contributed by atoms with Gasteiger partial charge in [0.15, 0.2) is 0 Å². The highest BCUT2D eigenvalue weighted by molar-refractivity contribution is 4.85. The van der Waals surface area contributed by atoms with Crippen LogP contribution in [0.25, 0.3) is 0 Å². The lowest BCUT2D eigenvalue weighted by molar-refractivity contribution is -0.157. The van der Waals surface area contributed by atoms with Crippen molar-refractivity contribution in [1.82, 2.24) is 0 Å². The summed E-state index contributed by atoms with van der Waals surface area (Å²) < 4.78 is 5.77. The number of rotatable bonds is 1. The van der Waals surface area contributed by atoms with E-state index in [0.717, 1.165) is 6.42 Å². The lowest BCUT2D eigenvalue weighted by atomic mass is 9.82. The van der Waals surface area contributed by atoms with Gasteiger partial charge in [0.1, 0.15) is 0 Å². The molecule has 0 spiro atoms. The van der Waals surface area contributed by atoms with Crippen molar-refractivity contribution in [3.05, 3.63) is 0 Å². The van der Waals surface area contributed by atoms with Crippen LogP contribution in [0.2, 0.25) is 0 Å². The van der Waals surface area contributed by atoms with Gasteiger partial charge in [0.2, 0.25) is 0 Å². The van der Waals surface area contributed by atoms with Gasteiger partial charge < -0.3 is 9.84 Å². The van der Waals surface area contributed by atoms with Crippen LogP contribution in [-0.4, -0.2) is 23.4 Å². The molecule has 5 atom stereocenters. The number of aliphatic hydroxyl groups is 1. The Hall–Kier alpha value is -0.0800. The van der Waals surface area contributed by atoms with Gasteiger partial charge in [-0.3, -0.25) is 0 Å². The van der Waals surface area contributed by atoms with Crippen LogP contribution in [-0.2, 0) is 4.74 Å². The Morgan fingerprint density at radius 3 is 2.25 bits per heavy atom. The number of ether oxygens (including phenoxy) is 1. The van der Waals surface area contributed by atoms with Crippen molar-refractivity contribution in [2.75, 3.05) is 0 Å². The summed E-state index contributed by atoms with van der Waals surface area (Å²) in [6.45, 7) is 8.28. The number of hydrogen-bond donors (Lipinski definition) is 1. The molecule has 2 heteroatoms. The molecule has 12 heavy (non-hydrogen) atoms. The van der Waals surface area contributed by atoms with Gasteiger partial charge in [0, 0.05) is 11.8 Å². The molecule has 0 aromatic rings. The Bertz CT molecular complexity index is 142. The second-order valence-electron chi connectivity index (χ2n) is 4.00. The molecule has 1 aliphatic rings. The van der Waals surface area contributed by atoms with E-state index < -0.39 is 0 Å². The molecule has 0 aromatic carbocycles. The minimum absolute atomic E-state index is 0.196. The van der Waals surface area contributed by atoms with Gasteiger partial charge in [-0.15, -0.1) is 0 Å². The van der Waals surface area contributed by atoms with Gasteiger partial charge in [-0.25, -0.2) is 0 Å². The maximum atomic E-state index is 9.84. The summed E-state index contributed by atoms with van der Waals surface area (Å²) in [6, 6.07) is 0. The van der Waals surface area contributed by atoms with E-state index in [1.165, 1.54) is 0 Å². The summed E-state index contributed by atoms with van der Waals surface area (Å²) in [6.07, 6.45) is 1.24. The van der Waals surface area contributed by atoms with Crippen LogP contribution >= 0.6 is 0 Å². The van der Waals surface area contributed by atoms with Crippen LogP contribution in [0.4, 0.5) is 0 Å². The number of hydrogen-bond acceptors (Lipinski definition) is 2. The molecule has 5 unspecified atom stereocenters. The van der Waals surface area contributed by atoms with E-state index in [0.29, 0.717) is 0 Å². The fourth-order valence-electron chi connectivity index (χ4n) is 1.97. The topological polar surface area (TPSA) is 29.5 Å². The molecule has 72 valence electrons. The van der Waals surface area contributed by atoms with E-state index in [4.69, 9.17) is 4.74 Å². The Balaban J connectivity index is 2.63. The zero-order valence-corrected chi connectivity index (χ0v) is 8.45. The quantitative estimate of drug-likeness (QED) is 0.653. The molecule has 1 N–H and O–H groups in total. The molecule has 1 saturated heterocycles. The normalized spacial score (nSPS) is 49.2. The Kier molecular flexibility index (Phi) is 3.13. The first-order valence-electron chi connectivity index (χ1n) is 4.91. The fourth-order valence-corrected chi connectivity index (χ4v) is 1.97. The van der Waals surface area contributed by atoms with E-state index in [2.05, 4.69) is 20.8 Å². The molecule has 2 nitrogen and oxygen atoms in total. The van der Waals surface area contributed by atoms with E-state index >= 15 is 0 Å². The highest BCUT2D eigenvalue weighted by Crippen LogP contribution is 2.30. The predicted molar refractivity (Wildman–Crippen MR) is 49.0 cm³/mol. The minimum Gasteiger partial charge on any atom is -0.392 e. The molecule has 0 radical (unpaired) electrons.